The summed E-state index contributed by atoms with van der Waals surface area (Å²) in [6, 6.07) is 9.73. The van der Waals surface area contributed by atoms with Gasteiger partial charge >= 0.3 is 11.7 Å². The number of fused-ring (bicyclic) bond motifs is 1. The van der Waals surface area contributed by atoms with Crippen molar-refractivity contribution in [2.45, 2.75) is 12.8 Å². The maximum Gasteiger partial charge on any atom is 0.414 e. The topological polar surface area (TPSA) is 173 Å². The minimum Gasteiger partial charge on any atom is -0.422 e. The number of halogens is 1. The predicted octanol–water partition coefficient (Wildman–Crippen LogP) is 2.63. The van der Waals surface area contributed by atoms with Gasteiger partial charge in [0.1, 0.15) is 17.6 Å². The molecular weight excluding hydrogens is 549 g/mol. The normalized spacial score (nSPS) is 11.3. The first kappa shape index (κ1) is 28.3. The molecule has 2 heterocycles. The lowest BCUT2D eigenvalue weighted by Crippen LogP contribution is -2.27. The van der Waals surface area contributed by atoms with Gasteiger partial charge in [-0.1, -0.05) is 17.3 Å². The van der Waals surface area contributed by atoms with Crippen LogP contribution in [-0.4, -0.2) is 51.6 Å². The van der Waals surface area contributed by atoms with Gasteiger partial charge in [-0.2, -0.15) is 8.42 Å². The summed E-state index contributed by atoms with van der Waals surface area (Å²) < 4.78 is 58.6. The van der Waals surface area contributed by atoms with Crippen LogP contribution in [0.25, 0.3) is 11.0 Å². The number of nitrogens with one attached hydrogen (secondary N) is 3. The molecule has 0 saturated carbocycles. The average molecular weight is 574 g/mol. The number of hydrogen-bond donors (Lipinski definition) is 3. The molecule has 13 nitrogen and oxygen atoms in total. The molecule has 0 bridgehead atoms. The Balaban J connectivity index is 1.79. The lowest BCUT2D eigenvalue weighted by Gasteiger charge is -2.15. The Kier molecular flexibility index (Phi) is 8.16. The number of ether oxygens (including phenoxy) is 1. The molecule has 0 aliphatic heterocycles. The number of benzene rings is 2. The number of hydrogen-bond acceptors (Lipinski definition) is 9. The van der Waals surface area contributed by atoms with Crippen LogP contribution < -0.4 is 25.1 Å². The summed E-state index contributed by atoms with van der Waals surface area (Å²) in [5.74, 6) is -1.23. The van der Waals surface area contributed by atoms with Crippen molar-refractivity contribution in [1.29, 1.82) is 0 Å². The average Bonchev–Trinajstić information content (AvgIpc) is 3.40. The quantitative estimate of drug-likeness (QED) is 0.254. The summed E-state index contributed by atoms with van der Waals surface area (Å²) in [7, 11) is 0.144. The molecule has 0 aliphatic rings. The van der Waals surface area contributed by atoms with Crippen molar-refractivity contribution >= 4 is 44.7 Å². The fourth-order valence-corrected chi connectivity index (χ4v) is 4.28. The van der Waals surface area contributed by atoms with Crippen LogP contribution in [0.4, 0.5) is 20.7 Å². The molecule has 0 atom stereocenters. The van der Waals surface area contributed by atoms with Gasteiger partial charge in [-0.15, -0.1) is 0 Å². The summed E-state index contributed by atoms with van der Waals surface area (Å²) in [4.78, 5) is 39.2. The fourth-order valence-electron chi connectivity index (χ4n) is 3.73. The van der Waals surface area contributed by atoms with Crippen molar-refractivity contribution in [2.24, 2.45) is 0 Å². The highest BCUT2D eigenvalue weighted by molar-refractivity contribution is 7.90. The van der Waals surface area contributed by atoms with Crippen LogP contribution in [0.1, 0.15) is 16.7 Å². The van der Waals surface area contributed by atoms with E-state index in [-0.39, 0.29) is 52.4 Å². The van der Waals surface area contributed by atoms with Crippen LogP contribution in [0.15, 0.2) is 62.5 Å². The van der Waals surface area contributed by atoms with Crippen molar-refractivity contribution in [2.75, 3.05) is 31.2 Å². The summed E-state index contributed by atoms with van der Waals surface area (Å²) >= 11 is 0. The van der Waals surface area contributed by atoms with Gasteiger partial charge < -0.3 is 23.9 Å². The highest BCUT2D eigenvalue weighted by Gasteiger charge is 2.22. The standard InChI is InChI=1S/C25H24FN5O8S/c1-27-40(35,36)30-19-6-4-5-14(23(19)26)11-18-17(13-22(32)28-21-9-10-37-29-21)16-8-7-15(38-25(34)31(2)3)12-20(16)39-24(18)33/h4-10,12,27,30H,11,13H2,1-3H3,(H,28,29,32). The number of rotatable bonds is 9. The molecule has 0 spiro atoms. The van der Waals surface area contributed by atoms with Gasteiger partial charge in [0, 0.05) is 50.6 Å². The van der Waals surface area contributed by atoms with Gasteiger partial charge in [-0.3, -0.25) is 9.52 Å². The van der Waals surface area contributed by atoms with E-state index in [1.807, 2.05) is 4.72 Å². The first-order valence-corrected chi connectivity index (χ1v) is 13.1. The Hall–Kier alpha value is -4.76. The lowest BCUT2D eigenvalue weighted by molar-refractivity contribution is -0.115. The first-order valence-electron chi connectivity index (χ1n) is 11.6. The molecule has 4 rings (SSSR count). The molecule has 210 valence electrons. The van der Waals surface area contributed by atoms with Crippen LogP contribution in [0.2, 0.25) is 0 Å². The highest BCUT2D eigenvalue weighted by atomic mass is 32.2. The molecule has 0 saturated heterocycles. The van der Waals surface area contributed by atoms with Gasteiger partial charge in [-0.25, -0.2) is 18.7 Å². The molecule has 2 aromatic carbocycles. The van der Waals surface area contributed by atoms with Crippen LogP contribution >= 0.6 is 0 Å². The van der Waals surface area contributed by atoms with Crippen molar-refractivity contribution in [1.82, 2.24) is 14.8 Å². The number of carbonyl (C=O) groups is 2. The first-order chi connectivity index (χ1) is 19.0. The van der Waals surface area contributed by atoms with Gasteiger partial charge in [0.15, 0.2) is 11.6 Å². The summed E-state index contributed by atoms with van der Waals surface area (Å²) in [5.41, 5.74) is -1.02. The monoisotopic (exact) mass is 573 g/mol. The Morgan fingerprint density at radius 1 is 1.12 bits per heavy atom. The smallest absolute Gasteiger partial charge is 0.414 e. The molecule has 0 unspecified atom stereocenters. The number of aromatic nitrogens is 1. The zero-order chi connectivity index (χ0) is 29.0. The zero-order valence-corrected chi connectivity index (χ0v) is 22.3. The minimum atomic E-state index is -4.01. The number of anilines is 2. The number of amides is 2. The second kappa shape index (κ2) is 11.5. The van der Waals surface area contributed by atoms with Crippen LogP contribution in [0.3, 0.4) is 0 Å². The third kappa shape index (κ3) is 6.44. The molecule has 2 amide bonds. The van der Waals surface area contributed by atoms with E-state index in [0.717, 1.165) is 7.05 Å². The van der Waals surface area contributed by atoms with Crippen molar-refractivity contribution in [3.63, 3.8) is 0 Å². The van der Waals surface area contributed by atoms with Gasteiger partial charge in [-0.05, 0) is 29.3 Å². The second-order valence-electron chi connectivity index (χ2n) is 8.64. The van der Waals surface area contributed by atoms with E-state index in [1.54, 1.807) is 0 Å². The molecule has 40 heavy (non-hydrogen) atoms. The van der Waals surface area contributed by atoms with Crippen molar-refractivity contribution in [3.8, 4) is 5.75 Å². The van der Waals surface area contributed by atoms with E-state index >= 15 is 4.39 Å². The fraction of sp³-hybridized carbons (Fsp3) is 0.200. The van der Waals surface area contributed by atoms with E-state index in [4.69, 9.17) is 13.7 Å². The maximum atomic E-state index is 15.3. The summed E-state index contributed by atoms with van der Waals surface area (Å²) in [6.07, 6.45) is -0.0602. The Bertz CT molecular complexity index is 1740. The van der Waals surface area contributed by atoms with E-state index in [1.165, 1.54) is 67.7 Å². The van der Waals surface area contributed by atoms with E-state index in [2.05, 4.69) is 15.2 Å². The molecule has 3 N–H and O–H groups in total. The predicted molar refractivity (Wildman–Crippen MR) is 142 cm³/mol. The summed E-state index contributed by atoms with van der Waals surface area (Å²) in [5, 5.41) is 6.50. The third-order valence-corrected chi connectivity index (χ3v) is 6.69. The molecule has 0 fully saturated rings. The van der Waals surface area contributed by atoms with E-state index < -0.39 is 33.7 Å². The largest absolute Gasteiger partial charge is 0.422 e. The Morgan fingerprint density at radius 2 is 1.90 bits per heavy atom. The van der Waals surface area contributed by atoms with Crippen LogP contribution in [0.5, 0.6) is 5.75 Å². The minimum absolute atomic E-state index is 0.0260. The van der Waals surface area contributed by atoms with Crippen LogP contribution in [-0.2, 0) is 27.8 Å². The Morgan fingerprint density at radius 3 is 2.58 bits per heavy atom. The molecule has 0 aliphatic carbocycles. The van der Waals surface area contributed by atoms with E-state index in [0.29, 0.717) is 5.39 Å². The van der Waals surface area contributed by atoms with Crippen molar-refractivity contribution in [3.05, 3.63) is 81.7 Å². The second-order valence-corrected chi connectivity index (χ2v) is 10.3. The molecule has 0 radical (unpaired) electrons. The van der Waals surface area contributed by atoms with E-state index in [9.17, 15) is 22.8 Å². The molecular formula is C25H24FN5O8S. The summed E-state index contributed by atoms with van der Waals surface area (Å²) in [6.45, 7) is 0. The van der Waals surface area contributed by atoms with Crippen LogP contribution in [0, 0.1) is 5.82 Å². The maximum absolute atomic E-state index is 15.3. The number of carbonyl (C=O) groups excluding carboxylic acids is 2. The highest BCUT2D eigenvalue weighted by Crippen LogP contribution is 2.28. The molecule has 2 aromatic heterocycles. The number of nitrogens with zero attached hydrogens (tertiary/aromatic N) is 2. The van der Waals surface area contributed by atoms with Crippen molar-refractivity contribution < 1.29 is 36.1 Å². The molecule has 15 heteroatoms. The Labute approximate surface area is 227 Å². The van der Waals surface area contributed by atoms with Gasteiger partial charge in [0.2, 0.25) is 5.91 Å². The third-order valence-electron chi connectivity index (χ3n) is 5.66. The lowest BCUT2D eigenvalue weighted by atomic mass is 9.95. The SMILES string of the molecule is CNS(=O)(=O)Nc1cccc(Cc2c(CC(=O)Nc3ccon3)c3ccc(OC(=O)N(C)C)cc3oc2=O)c1F. The van der Waals surface area contributed by atoms with Gasteiger partial charge in [0.25, 0.3) is 10.2 Å². The van der Waals surface area contributed by atoms with Gasteiger partial charge in [0.05, 0.1) is 12.1 Å². The zero-order valence-electron chi connectivity index (χ0n) is 21.5. The molecule has 4 aromatic rings.